The maximum absolute atomic E-state index is 13.3. The number of hydrogen-bond acceptors (Lipinski definition) is 8. The standard InChI is InChI=1S/C20H17ClFN5O5/c1-31-14-6-4-11(8-15(14)32-2)27-19(29)17-18(20(27)30)26(25-24-17)9-16(28)23-10-3-5-13(22)12(21)7-10/h3-8,17-18H,9H2,1-2H3,(H,23,28)/t17-,18+/m1/s1. The van der Waals surface area contributed by atoms with Gasteiger partial charge >= 0.3 is 0 Å². The number of halogens is 2. The fraction of sp³-hybridized carbons (Fsp3) is 0.250. The summed E-state index contributed by atoms with van der Waals surface area (Å²) in [7, 11) is 2.91. The summed E-state index contributed by atoms with van der Waals surface area (Å²) in [4.78, 5) is 39.3. The lowest BCUT2D eigenvalue weighted by atomic mass is 10.1. The van der Waals surface area contributed by atoms with Crippen LogP contribution in [0.2, 0.25) is 5.02 Å². The molecule has 4 rings (SSSR count). The monoisotopic (exact) mass is 461 g/mol. The van der Waals surface area contributed by atoms with Crippen LogP contribution in [-0.2, 0) is 14.4 Å². The van der Waals surface area contributed by atoms with Gasteiger partial charge in [0.15, 0.2) is 23.6 Å². The molecule has 0 aliphatic carbocycles. The van der Waals surface area contributed by atoms with Gasteiger partial charge < -0.3 is 14.8 Å². The first-order valence-electron chi connectivity index (χ1n) is 9.36. The van der Waals surface area contributed by atoms with Crippen LogP contribution in [0.3, 0.4) is 0 Å². The summed E-state index contributed by atoms with van der Waals surface area (Å²) in [5.74, 6) is -1.52. The molecule has 10 nitrogen and oxygen atoms in total. The van der Waals surface area contributed by atoms with E-state index in [4.69, 9.17) is 21.1 Å². The van der Waals surface area contributed by atoms with Crippen LogP contribution in [0.5, 0.6) is 11.5 Å². The van der Waals surface area contributed by atoms with Gasteiger partial charge in [0, 0.05) is 11.8 Å². The zero-order chi connectivity index (χ0) is 23.0. The highest BCUT2D eigenvalue weighted by Crippen LogP contribution is 2.36. The predicted molar refractivity (Wildman–Crippen MR) is 111 cm³/mol. The maximum Gasteiger partial charge on any atom is 0.263 e. The van der Waals surface area contributed by atoms with Crippen molar-refractivity contribution < 1.29 is 28.2 Å². The van der Waals surface area contributed by atoms with Crippen LogP contribution in [0.25, 0.3) is 0 Å². The van der Waals surface area contributed by atoms with Crippen LogP contribution in [0.15, 0.2) is 46.7 Å². The minimum Gasteiger partial charge on any atom is -0.493 e. The quantitative estimate of drug-likeness (QED) is 0.661. The lowest BCUT2D eigenvalue weighted by Gasteiger charge is -2.20. The van der Waals surface area contributed by atoms with Gasteiger partial charge in [-0.2, -0.15) is 5.11 Å². The Morgan fingerprint density at radius 2 is 1.88 bits per heavy atom. The van der Waals surface area contributed by atoms with E-state index >= 15 is 0 Å². The van der Waals surface area contributed by atoms with Crippen LogP contribution >= 0.6 is 11.6 Å². The maximum atomic E-state index is 13.3. The van der Waals surface area contributed by atoms with Crippen molar-refractivity contribution in [3.05, 3.63) is 47.2 Å². The Kier molecular flexibility index (Phi) is 5.66. The summed E-state index contributed by atoms with van der Waals surface area (Å²) in [5, 5.41) is 11.2. The van der Waals surface area contributed by atoms with Crippen molar-refractivity contribution in [2.24, 2.45) is 10.3 Å². The van der Waals surface area contributed by atoms with Crippen LogP contribution in [0.1, 0.15) is 0 Å². The number of rotatable bonds is 6. The molecule has 32 heavy (non-hydrogen) atoms. The van der Waals surface area contributed by atoms with Crippen molar-refractivity contribution in [1.82, 2.24) is 5.01 Å². The predicted octanol–water partition coefficient (Wildman–Crippen LogP) is 2.43. The topological polar surface area (TPSA) is 113 Å². The summed E-state index contributed by atoms with van der Waals surface area (Å²) in [6.45, 7) is -0.349. The SMILES string of the molecule is COc1ccc(N2C(=O)[C@@H]3[C@@H](N=NN3CC(=O)Nc3ccc(F)c(Cl)c3)C2=O)cc1OC. The smallest absolute Gasteiger partial charge is 0.263 e. The third-order valence-electron chi connectivity index (χ3n) is 4.99. The molecular weight excluding hydrogens is 445 g/mol. The van der Waals surface area contributed by atoms with Gasteiger partial charge in [-0.1, -0.05) is 16.8 Å². The molecule has 3 amide bonds. The van der Waals surface area contributed by atoms with Crippen molar-refractivity contribution in [3.63, 3.8) is 0 Å². The number of imide groups is 1. The number of methoxy groups -OCH3 is 2. The highest BCUT2D eigenvalue weighted by molar-refractivity contribution is 6.31. The second kappa shape index (κ2) is 8.42. The van der Waals surface area contributed by atoms with Crippen LogP contribution in [0.4, 0.5) is 15.8 Å². The lowest BCUT2D eigenvalue weighted by molar-refractivity contribution is -0.123. The molecule has 12 heteroatoms. The van der Waals surface area contributed by atoms with E-state index < -0.39 is 35.6 Å². The van der Waals surface area contributed by atoms with Gasteiger partial charge in [0.05, 0.1) is 24.9 Å². The third kappa shape index (κ3) is 3.71. The number of benzene rings is 2. The number of anilines is 2. The van der Waals surface area contributed by atoms with Crippen molar-refractivity contribution in [1.29, 1.82) is 0 Å². The molecule has 2 aliphatic rings. The normalized spacial score (nSPS) is 19.4. The number of carbonyl (C=O) groups is 3. The highest BCUT2D eigenvalue weighted by Gasteiger charge is 2.55. The highest BCUT2D eigenvalue weighted by atomic mass is 35.5. The minimum atomic E-state index is -1.07. The van der Waals surface area contributed by atoms with Gasteiger partial charge in [-0.15, -0.1) is 0 Å². The molecule has 2 aliphatic heterocycles. The first-order valence-corrected chi connectivity index (χ1v) is 9.74. The fourth-order valence-corrected chi connectivity index (χ4v) is 3.67. The molecule has 1 saturated heterocycles. The summed E-state index contributed by atoms with van der Waals surface area (Å²) in [6, 6.07) is 6.21. The zero-order valence-corrected chi connectivity index (χ0v) is 17.7. The first kappa shape index (κ1) is 21.5. The Morgan fingerprint density at radius 1 is 1.12 bits per heavy atom. The molecule has 2 atom stereocenters. The van der Waals surface area contributed by atoms with E-state index in [9.17, 15) is 18.8 Å². The molecule has 0 aromatic heterocycles. The zero-order valence-electron chi connectivity index (χ0n) is 16.9. The summed E-state index contributed by atoms with van der Waals surface area (Å²) < 4.78 is 23.7. The van der Waals surface area contributed by atoms with E-state index in [1.165, 1.54) is 32.4 Å². The van der Waals surface area contributed by atoms with Crippen molar-refractivity contribution >= 4 is 40.7 Å². The van der Waals surface area contributed by atoms with Gasteiger partial charge in [-0.05, 0) is 30.3 Å². The van der Waals surface area contributed by atoms with Gasteiger partial charge in [0.25, 0.3) is 11.8 Å². The van der Waals surface area contributed by atoms with Crippen molar-refractivity contribution in [3.8, 4) is 11.5 Å². The fourth-order valence-electron chi connectivity index (χ4n) is 3.49. The number of hydrogen-bond donors (Lipinski definition) is 1. The number of nitrogens with zero attached hydrogens (tertiary/aromatic N) is 4. The molecule has 0 unspecified atom stereocenters. The average molecular weight is 462 g/mol. The number of fused-ring (bicyclic) bond motifs is 1. The Balaban J connectivity index is 1.50. The summed E-state index contributed by atoms with van der Waals surface area (Å²) >= 11 is 5.72. The molecule has 0 radical (unpaired) electrons. The van der Waals surface area contributed by atoms with Gasteiger partial charge in [0.1, 0.15) is 12.4 Å². The molecule has 166 valence electrons. The van der Waals surface area contributed by atoms with Gasteiger partial charge in [-0.25, -0.2) is 9.29 Å². The minimum absolute atomic E-state index is 0.147. The van der Waals surface area contributed by atoms with Gasteiger partial charge in [0.2, 0.25) is 5.91 Å². The molecule has 2 heterocycles. The summed E-state index contributed by atoms with van der Waals surface area (Å²) in [5.41, 5.74) is 0.558. The second-order valence-electron chi connectivity index (χ2n) is 6.92. The molecular formula is C20H17ClFN5O5. The first-order chi connectivity index (χ1) is 15.3. The lowest BCUT2D eigenvalue weighted by Crippen LogP contribution is -2.43. The van der Waals surface area contributed by atoms with E-state index in [2.05, 4.69) is 15.7 Å². The number of amides is 3. The average Bonchev–Trinajstić information content (AvgIpc) is 3.29. The second-order valence-corrected chi connectivity index (χ2v) is 7.33. The van der Waals surface area contributed by atoms with Gasteiger partial charge in [-0.3, -0.25) is 19.4 Å². The number of ether oxygens (including phenoxy) is 2. The largest absolute Gasteiger partial charge is 0.493 e. The molecule has 2 aromatic carbocycles. The van der Waals surface area contributed by atoms with Crippen molar-refractivity contribution in [2.45, 2.75) is 12.1 Å². The van der Waals surface area contributed by atoms with Crippen LogP contribution < -0.4 is 19.7 Å². The van der Waals surface area contributed by atoms with Crippen LogP contribution in [0, 0.1) is 5.82 Å². The Labute approximate surface area is 186 Å². The molecule has 0 bridgehead atoms. The Hall–Kier alpha value is -3.73. The Bertz CT molecular complexity index is 1140. The van der Waals surface area contributed by atoms with E-state index in [0.29, 0.717) is 11.5 Å². The van der Waals surface area contributed by atoms with E-state index in [0.717, 1.165) is 16.0 Å². The van der Waals surface area contributed by atoms with E-state index in [1.54, 1.807) is 12.1 Å². The molecule has 0 spiro atoms. The van der Waals surface area contributed by atoms with E-state index in [1.807, 2.05) is 0 Å². The molecule has 1 N–H and O–H groups in total. The number of carbonyl (C=O) groups excluding carboxylic acids is 3. The van der Waals surface area contributed by atoms with Crippen molar-refractivity contribution in [2.75, 3.05) is 31.0 Å². The summed E-state index contributed by atoms with van der Waals surface area (Å²) in [6.07, 6.45) is 0. The third-order valence-corrected chi connectivity index (χ3v) is 5.28. The Morgan fingerprint density at radius 3 is 2.56 bits per heavy atom. The van der Waals surface area contributed by atoms with Crippen LogP contribution in [-0.4, -0.2) is 55.6 Å². The molecule has 1 fully saturated rings. The van der Waals surface area contributed by atoms with E-state index in [-0.39, 0.29) is 22.9 Å². The molecule has 0 saturated carbocycles. The number of nitrogens with one attached hydrogen (secondary N) is 1. The molecule has 2 aromatic rings.